The summed E-state index contributed by atoms with van der Waals surface area (Å²) in [6, 6.07) is 6.61. The molecule has 3 aliphatic rings. The van der Waals surface area contributed by atoms with Gasteiger partial charge in [-0.15, -0.1) is 0 Å². The fourth-order valence-electron chi connectivity index (χ4n) is 4.86. The van der Waals surface area contributed by atoms with E-state index in [0.717, 1.165) is 44.0 Å². The quantitative estimate of drug-likeness (QED) is 0.658. The summed E-state index contributed by atoms with van der Waals surface area (Å²) in [6.45, 7) is 9.50. The standard InChI is InChI=1S/C23H33ClN2O2/c1-22(2,3)28-21(27)25-13-10-23(11-14-25)9-4-12-26(23)16-17-5-8-20(24)19(15-17)18-6-7-18/h5,8,15,18H,4,6-7,9-14,16H2,1-3H3. The number of benzene rings is 1. The van der Waals surface area contributed by atoms with Crippen LogP contribution in [0, 0.1) is 0 Å². The number of carbonyl (C=O) groups is 1. The second-order valence-electron chi connectivity index (χ2n) is 9.85. The third-order valence-electron chi connectivity index (χ3n) is 6.54. The van der Waals surface area contributed by atoms with Crippen molar-refractivity contribution >= 4 is 17.7 Å². The lowest BCUT2D eigenvalue weighted by Crippen LogP contribution is -2.53. The largest absolute Gasteiger partial charge is 0.444 e. The van der Waals surface area contributed by atoms with Gasteiger partial charge in [-0.05, 0) is 89.0 Å². The molecule has 0 radical (unpaired) electrons. The van der Waals surface area contributed by atoms with Crippen LogP contribution < -0.4 is 0 Å². The summed E-state index contributed by atoms with van der Waals surface area (Å²) in [5, 5.41) is 0.924. The maximum Gasteiger partial charge on any atom is 0.410 e. The number of carbonyl (C=O) groups excluding carboxylic acids is 1. The molecule has 1 amide bonds. The lowest BCUT2D eigenvalue weighted by atomic mass is 9.84. The first-order valence-electron chi connectivity index (χ1n) is 10.8. The SMILES string of the molecule is CC(C)(C)OC(=O)N1CCC2(CCCN2Cc2ccc(Cl)c(C3CC3)c2)CC1. The highest BCUT2D eigenvalue weighted by Crippen LogP contribution is 2.44. The minimum atomic E-state index is -0.431. The predicted octanol–water partition coefficient (Wildman–Crippen LogP) is 5.58. The molecule has 154 valence electrons. The van der Waals surface area contributed by atoms with E-state index in [2.05, 4.69) is 23.1 Å². The molecule has 0 N–H and O–H groups in total. The van der Waals surface area contributed by atoms with E-state index in [1.807, 2.05) is 25.7 Å². The van der Waals surface area contributed by atoms with Gasteiger partial charge in [0.1, 0.15) is 5.60 Å². The van der Waals surface area contributed by atoms with Crippen molar-refractivity contribution in [3.63, 3.8) is 0 Å². The van der Waals surface area contributed by atoms with Crippen LogP contribution in [0.15, 0.2) is 18.2 Å². The molecule has 1 aromatic rings. The Balaban J connectivity index is 1.40. The van der Waals surface area contributed by atoms with Crippen LogP contribution in [0.3, 0.4) is 0 Å². The van der Waals surface area contributed by atoms with Gasteiger partial charge in [-0.1, -0.05) is 23.7 Å². The van der Waals surface area contributed by atoms with Crippen molar-refractivity contribution < 1.29 is 9.53 Å². The molecule has 5 heteroatoms. The van der Waals surface area contributed by atoms with Crippen LogP contribution in [-0.2, 0) is 11.3 Å². The molecule has 1 saturated carbocycles. The number of halogens is 1. The summed E-state index contributed by atoms with van der Waals surface area (Å²) in [5.74, 6) is 0.678. The molecule has 2 saturated heterocycles. The molecule has 1 spiro atoms. The Morgan fingerprint density at radius 2 is 1.89 bits per heavy atom. The van der Waals surface area contributed by atoms with Gasteiger partial charge >= 0.3 is 6.09 Å². The summed E-state index contributed by atoms with van der Waals surface area (Å²) >= 11 is 6.42. The number of hydrogen-bond acceptors (Lipinski definition) is 3. The Hall–Kier alpha value is -1.26. The molecule has 3 fully saturated rings. The van der Waals surface area contributed by atoms with Gasteiger partial charge in [0.2, 0.25) is 0 Å². The summed E-state index contributed by atoms with van der Waals surface area (Å²) < 4.78 is 5.56. The van der Waals surface area contributed by atoms with Crippen LogP contribution in [0.2, 0.25) is 5.02 Å². The molecule has 1 aliphatic carbocycles. The lowest BCUT2D eigenvalue weighted by molar-refractivity contribution is 0.00165. The Morgan fingerprint density at radius 1 is 1.18 bits per heavy atom. The monoisotopic (exact) mass is 404 g/mol. The average molecular weight is 405 g/mol. The molecule has 0 unspecified atom stereocenters. The van der Waals surface area contributed by atoms with Crippen LogP contribution in [0.5, 0.6) is 0 Å². The van der Waals surface area contributed by atoms with Crippen LogP contribution in [-0.4, -0.2) is 46.7 Å². The van der Waals surface area contributed by atoms with Crippen LogP contribution in [0.25, 0.3) is 0 Å². The van der Waals surface area contributed by atoms with E-state index in [-0.39, 0.29) is 11.6 Å². The third kappa shape index (κ3) is 4.33. The number of hydrogen-bond donors (Lipinski definition) is 0. The van der Waals surface area contributed by atoms with Crippen LogP contribution >= 0.6 is 11.6 Å². The molecule has 4 nitrogen and oxygen atoms in total. The first kappa shape index (κ1) is 20.0. The van der Waals surface area contributed by atoms with Gasteiger partial charge in [-0.3, -0.25) is 4.90 Å². The highest BCUT2D eigenvalue weighted by atomic mass is 35.5. The fourth-order valence-corrected chi connectivity index (χ4v) is 5.13. The molecule has 28 heavy (non-hydrogen) atoms. The van der Waals surface area contributed by atoms with Crippen molar-refractivity contribution in [3.8, 4) is 0 Å². The Labute approximate surface area is 174 Å². The summed E-state index contributed by atoms with van der Waals surface area (Å²) in [4.78, 5) is 17.0. The van der Waals surface area contributed by atoms with Crippen molar-refractivity contribution in [2.24, 2.45) is 0 Å². The number of ether oxygens (including phenoxy) is 1. The molecule has 1 aromatic carbocycles. The molecule has 0 bridgehead atoms. The van der Waals surface area contributed by atoms with E-state index >= 15 is 0 Å². The van der Waals surface area contributed by atoms with Gasteiger partial charge in [0.25, 0.3) is 0 Å². The summed E-state index contributed by atoms with van der Waals surface area (Å²) in [6.07, 6.45) is 6.94. The number of likely N-dealkylation sites (tertiary alicyclic amines) is 2. The Bertz CT molecular complexity index is 731. The minimum absolute atomic E-state index is 0.168. The Morgan fingerprint density at radius 3 is 2.54 bits per heavy atom. The number of nitrogens with zero attached hydrogens (tertiary/aromatic N) is 2. The lowest BCUT2D eigenvalue weighted by Gasteiger charge is -2.45. The van der Waals surface area contributed by atoms with Crippen molar-refractivity contribution in [1.29, 1.82) is 0 Å². The second-order valence-corrected chi connectivity index (χ2v) is 10.3. The van der Waals surface area contributed by atoms with E-state index in [9.17, 15) is 4.79 Å². The normalized spacial score (nSPS) is 22.6. The molecule has 2 aliphatic heterocycles. The zero-order valence-electron chi connectivity index (χ0n) is 17.5. The van der Waals surface area contributed by atoms with Gasteiger partial charge < -0.3 is 9.64 Å². The number of amides is 1. The number of piperidine rings is 1. The maximum atomic E-state index is 12.4. The van der Waals surface area contributed by atoms with Crippen molar-refractivity contribution in [2.45, 2.75) is 82.9 Å². The molecular formula is C23H33ClN2O2. The minimum Gasteiger partial charge on any atom is -0.444 e. The molecule has 0 atom stereocenters. The highest BCUT2D eigenvalue weighted by Gasteiger charge is 2.44. The van der Waals surface area contributed by atoms with Crippen molar-refractivity contribution in [3.05, 3.63) is 34.3 Å². The second kappa shape index (κ2) is 7.53. The maximum absolute atomic E-state index is 12.4. The van der Waals surface area contributed by atoms with Crippen LogP contribution in [0.1, 0.15) is 76.3 Å². The fraction of sp³-hybridized carbons (Fsp3) is 0.696. The van der Waals surface area contributed by atoms with Crippen molar-refractivity contribution in [1.82, 2.24) is 9.80 Å². The van der Waals surface area contributed by atoms with Crippen LogP contribution in [0.4, 0.5) is 4.79 Å². The van der Waals surface area contributed by atoms with Gasteiger partial charge in [0.05, 0.1) is 0 Å². The van der Waals surface area contributed by atoms with Gasteiger partial charge in [0, 0.05) is 30.2 Å². The van der Waals surface area contributed by atoms with Gasteiger partial charge in [-0.2, -0.15) is 0 Å². The molecule has 2 heterocycles. The first-order valence-corrected chi connectivity index (χ1v) is 11.1. The number of rotatable bonds is 3. The van der Waals surface area contributed by atoms with E-state index in [0.29, 0.717) is 5.92 Å². The Kier molecular flexibility index (Phi) is 5.39. The molecule has 4 rings (SSSR count). The van der Waals surface area contributed by atoms with E-state index < -0.39 is 5.60 Å². The molecular weight excluding hydrogens is 372 g/mol. The summed E-state index contributed by atoms with van der Waals surface area (Å²) in [5.41, 5.74) is 2.52. The first-order chi connectivity index (χ1) is 13.3. The summed E-state index contributed by atoms with van der Waals surface area (Å²) in [7, 11) is 0. The van der Waals surface area contributed by atoms with Gasteiger partial charge in [-0.25, -0.2) is 4.79 Å². The molecule has 0 aromatic heterocycles. The smallest absolute Gasteiger partial charge is 0.410 e. The van der Waals surface area contributed by atoms with E-state index in [1.165, 1.54) is 36.8 Å². The third-order valence-corrected chi connectivity index (χ3v) is 6.88. The van der Waals surface area contributed by atoms with Crippen molar-refractivity contribution in [2.75, 3.05) is 19.6 Å². The topological polar surface area (TPSA) is 32.8 Å². The highest BCUT2D eigenvalue weighted by molar-refractivity contribution is 6.31. The van der Waals surface area contributed by atoms with Gasteiger partial charge in [0.15, 0.2) is 0 Å². The van der Waals surface area contributed by atoms with E-state index in [4.69, 9.17) is 16.3 Å². The predicted molar refractivity (Wildman–Crippen MR) is 113 cm³/mol. The zero-order valence-corrected chi connectivity index (χ0v) is 18.2. The van der Waals surface area contributed by atoms with E-state index in [1.54, 1.807) is 0 Å². The average Bonchev–Trinajstić information content (AvgIpc) is 3.40. The zero-order chi connectivity index (χ0) is 19.9.